The zero-order chi connectivity index (χ0) is 6.85. The van der Waals surface area contributed by atoms with E-state index in [1.807, 2.05) is 0 Å². The molecule has 50 valence electrons. The van der Waals surface area contributed by atoms with Crippen LogP contribution >= 0.6 is 15.9 Å². The van der Waals surface area contributed by atoms with Crippen LogP contribution in [0, 0.1) is 0 Å². The van der Waals surface area contributed by atoms with Gasteiger partial charge in [-0.2, -0.15) is 0 Å². The number of halogens is 1. The van der Waals surface area contributed by atoms with Crippen LogP contribution in [-0.4, -0.2) is 19.4 Å². The molecule has 0 aromatic rings. The molecule has 0 saturated carbocycles. The van der Waals surface area contributed by atoms with E-state index in [-0.39, 0.29) is 5.97 Å². The van der Waals surface area contributed by atoms with Crippen LogP contribution in [0.2, 0.25) is 0 Å². The van der Waals surface area contributed by atoms with Gasteiger partial charge in [-0.3, -0.25) is 0 Å². The summed E-state index contributed by atoms with van der Waals surface area (Å²) in [5.74, 6) is -0.373. The normalized spacial score (nSPS) is 25.8. The molecule has 1 aliphatic rings. The molecule has 0 saturated heterocycles. The molecule has 1 heterocycles. The Morgan fingerprint density at radius 3 is 2.78 bits per heavy atom. The van der Waals surface area contributed by atoms with Crippen molar-refractivity contribution in [3.05, 3.63) is 10.6 Å². The highest BCUT2D eigenvalue weighted by atomic mass is 79.9. The van der Waals surface area contributed by atoms with Crippen LogP contribution in [0.1, 0.15) is 0 Å². The summed E-state index contributed by atoms with van der Waals surface area (Å²) in [7, 11) is 1.47. The number of cyclic esters (lactones) is 1. The number of carbonyl (C=O) groups excluding carboxylic acids is 1. The Balaban J connectivity index is 2.62. The molecule has 1 unspecified atom stereocenters. The van der Waals surface area contributed by atoms with E-state index >= 15 is 0 Å². The predicted molar refractivity (Wildman–Crippen MR) is 33.9 cm³/mol. The first-order valence-electron chi connectivity index (χ1n) is 2.35. The number of ether oxygens (including phenoxy) is 2. The lowest BCUT2D eigenvalue weighted by atomic mass is 10.5. The van der Waals surface area contributed by atoms with Crippen LogP contribution in [0.15, 0.2) is 10.6 Å². The van der Waals surface area contributed by atoms with Crippen LogP contribution in [-0.2, 0) is 14.3 Å². The topological polar surface area (TPSA) is 35.5 Å². The highest BCUT2D eigenvalue weighted by Gasteiger charge is 2.22. The first kappa shape index (κ1) is 6.77. The minimum Gasteiger partial charge on any atom is -0.428 e. The second-order valence-electron chi connectivity index (χ2n) is 1.52. The first-order valence-corrected chi connectivity index (χ1v) is 3.14. The van der Waals surface area contributed by atoms with Crippen molar-refractivity contribution in [3.8, 4) is 0 Å². The summed E-state index contributed by atoms with van der Waals surface area (Å²) >= 11 is 2.99. The summed E-state index contributed by atoms with van der Waals surface area (Å²) in [5, 5.41) is 0. The van der Waals surface area contributed by atoms with Crippen molar-refractivity contribution >= 4 is 21.9 Å². The van der Waals surface area contributed by atoms with Crippen LogP contribution in [0.4, 0.5) is 0 Å². The summed E-state index contributed by atoms with van der Waals surface area (Å²) in [6, 6.07) is 0. The lowest BCUT2D eigenvalue weighted by Crippen LogP contribution is -2.08. The SMILES string of the molecule is COC1C=C(Br)C(=O)O1. The summed E-state index contributed by atoms with van der Waals surface area (Å²) in [6.45, 7) is 0. The maximum absolute atomic E-state index is 10.5. The number of carbonyl (C=O) groups is 1. The summed E-state index contributed by atoms with van der Waals surface area (Å²) in [5.41, 5.74) is 0. The van der Waals surface area contributed by atoms with E-state index in [2.05, 4.69) is 20.7 Å². The number of rotatable bonds is 1. The van der Waals surface area contributed by atoms with Crippen molar-refractivity contribution in [3.63, 3.8) is 0 Å². The van der Waals surface area contributed by atoms with Crippen molar-refractivity contribution in [2.75, 3.05) is 7.11 Å². The van der Waals surface area contributed by atoms with Crippen molar-refractivity contribution in [1.29, 1.82) is 0 Å². The summed E-state index contributed by atoms with van der Waals surface area (Å²) in [4.78, 5) is 10.5. The quantitative estimate of drug-likeness (QED) is 0.577. The van der Waals surface area contributed by atoms with E-state index < -0.39 is 6.29 Å². The lowest BCUT2D eigenvalue weighted by Gasteiger charge is -2.02. The fraction of sp³-hybridized carbons (Fsp3) is 0.400. The molecule has 0 N–H and O–H groups in total. The fourth-order valence-corrected chi connectivity index (χ4v) is 0.809. The lowest BCUT2D eigenvalue weighted by molar-refractivity contribution is -0.154. The van der Waals surface area contributed by atoms with Gasteiger partial charge in [-0.1, -0.05) is 0 Å². The third-order valence-electron chi connectivity index (χ3n) is 0.933. The molecule has 1 atom stereocenters. The van der Waals surface area contributed by atoms with Crippen molar-refractivity contribution in [2.24, 2.45) is 0 Å². The Morgan fingerprint density at radius 1 is 1.89 bits per heavy atom. The molecule has 4 heteroatoms. The molecule has 0 radical (unpaired) electrons. The van der Waals surface area contributed by atoms with E-state index in [0.29, 0.717) is 4.48 Å². The molecule has 3 nitrogen and oxygen atoms in total. The number of hydrogen-bond acceptors (Lipinski definition) is 3. The summed E-state index contributed by atoms with van der Waals surface area (Å²) < 4.78 is 9.75. The molecule has 0 fully saturated rings. The standard InChI is InChI=1S/C5H5BrO3/c1-8-4-2-3(6)5(7)9-4/h2,4H,1H3. The van der Waals surface area contributed by atoms with E-state index in [1.165, 1.54) is 7.11 Å². The molecule has 0 bridgehead atoms. The first-order chi connectivity index (χ1) is 4.24. The number of hydrogen-bond donors (Lipinski definition) is 0. The Morgan fingerprint density at radius 2 is 2.56 bits per heavy atom. The van der Waals surface area contributed by atoms with Gasteiger partial charge in [0.05, 0.1) is 0 Å². The molecular weight excluding hydrogens is 188 g/mol. The van der Waals surface area contributed by atoms with Gasteiger partial charge in [0.25, 0.3) is 0 Å². The second-order valence-corrected chi connectivity index (χ2v) is 2.38. The smallest absolute Gasteiger partial charge is 0.347 e. The molecule has 0 spiro atoms. The minimum atomic E-state index is -0.508. The molecule has 0 amide bonds. The van der Waals surface area contributed by atoms with Crippen LogP contribution in [0.25, 0.3) is 0 Å². The minimum absolute atomic E-state index is 0.373. The van der Waals surface area contributed by atoms with Crippen molar-refractivity contribution in [1.82, 2.24) is 0 Å². The predicted octanol–water partition coefficient (Wildman–Crippen LogP) is 0.794. The van der Waals surface area contributed by atoms with Gasteiger partial charge in [0.15, 0.2) is 0 Å². The summed E-state index contributed by atoms with van der Waals surface area (Å²) in [6.07, 6.45) is 1.05. The zero-order valence-corrected chi connectivity index (χ0v) is 6.34. The molecule has 0 aromatic heterocycles. The molecule has 0 aliphatic carbocycles. The highest BCUT2D eigenvalue weighted by molar-refractivity contribution is 9.12. The maximum atomic E-state index is 10.5. The zero-order valence-electron chi connectivity index (χ0n) is 4.76. The van der Waals surface area contributed by atoms with Crippen LogP contribution in [0.5, 0.6) is 0 Å². The Bertz CT molecular complexity index is 164. The second kappa shape index (κ2) is 2.49. The van der Waals surface area contributed by atoms with Crippen molar-refractivity contribution < 1.29 is 14.3 Å². The average Bonchev–Trinajstić information content (AvgIpc) is 2.13. The van der Waals surface area contributed by atoms with Gasteiger partial charge in [-0.05, 0) is 15.9 Å². The largest absolute Gasteiger partial charge is 0.428 e. The van der Waals surface area contributed by atoms with Crippen LogP contribution in [0.3, 0.4) is 0 Å². The molecule has 0 aromatic carbocycles. The highest BCUT2D eigenvalue weighted by Crippen LogP contribution is 2.18. The Kier molecular flexibility index (Phi) is 1.87. The van der Waals surface area contributed by atoms with Gasteiger partial charge >= 0.3 is 5.97 Å². The third kappa shape index (κ3) is 1.31. The van der Waals surface area contributed by atoms with Gasteiger partial charge in [0.2, 0.25) is 6.29 Å². The van der Waals surface area contributed by atoms with Gasteiger partial charge < -0.3 is 9.47 Å². The molecule has 1 rings (SSSR count). The Labute approximate surface area is 60.8 Å². The van der Waals surface area contributed by atoms with Gasteiger partial charge in [-0.25, -0.2) is 4.79 Å². The van der Waals surface area contributed by atoms with Crippen molar-refractivity contribution in [2.45, 2.75) is 6.29 Å². The van der Waals surface area contributed by atoms with E-state index in [0.717, 1.165) is 0 Å². The van der Waals surface area contributed by atoms with E-state index in [9.17, 15) is 4.79 Å². The van der Waals surface area contributed by atoms with E-state index in [4.69, 9.17) is 4.74 Å². The fourth-order valence-electron chi connectivity index (χ4n) is 0.499. The maximum Gasteiger partial charge on any atom is 0.347 e. The monoisotopic (exact) mass is 192 g/mol. The van der Waals surface area contributed by atoms with Gasteiger partial charge in [0.1, 0.15) is 4.48 Å². The van der Waals surface area contributed by atoms with Crippen LogP contribution < -0.4 is 0 Å². The van der Waals surface area contributed by atoms with Gasteiger partial charge in [-0.15, -0.1) is 0 Å². The molecule has 1 aliphatic heterocycles. The van der Waals surface area contributed by atoms with E-state index in [1.54, 1.807) is 6.08 Å². The number of methoxy groups -OCH3 is 1. The third-order valence-corrected chi connectivity index (χ3v) is 1.52. The number of esters is 1. The average molecular weight is 193 g/mol. The Hall–Kier alpha value is -0.350. The molecular formula is C5H5BrO3. The molecule has 9 heavy (non-hydrogen) atoms. The van der Waals surface area contributed by atoms with Gasteiger partial charge in [0, 0.05) is 13.2 Å².